The molecule has 0 aromatic heterocycles. The van der Waals surface area contributed by atoms with E-state index in [2.05, 4.69) is 34.5 Å². The maximum atomic E-state index is 11.4. The van der Waals surface area contributed by atoms with Gasteiger partial charge < -0.3 is 5.32 Å². The van der Waals surface area contributed by atoms with E-state index in [-0.39, 0.29) is 5.91 Å². The Labute approximate surface area is 104 Å². The minimum atomic E-state index is 0.0409. The molecular weight excluding hydrogens is 301 g/mol. The summed E-state index contributed by atoms with van der Waals surface area (Å²) in [7, 11) is 0. The fraction of sp³-hybridized carbons (Fsp3) is 0.250. The van der Waals surface area contributed by atoms with Crippen LogP contribution in [0.25, 0.3) is 0 Å². The van der Waals surface area contributed by atoms with Crippen molar-refractivity contribution in [3.05, 3.63) is 45.6 Å². The SMILES string of the molecule is C=C(C)CNC(=O)Cc1ccc(I)cc1. The van der Waals surface area contributed by atoms with Crippen molar-refractivity contribution in [2.45, 2.75) is 13.3 Å². The van der Waals surface area contributed by atoms with E-state index in [9.17, 15) is 4.79 Å². The predicted octanol–water partition coefficient (Wildman–Crippen LogP) is 2.53. The van der Waals surface area contributed by atoms with E-state index in [1.165, 1.54) is 3.57 Å². The average molecular weight is 315 g/mol. The molecule has 15 heavy (non-hydrogen) atoms. The highest BCUT2D eigenvalue weighted by molar-refractivity contribution is 14.1. The average Bonchev–Trinajstić information content (AvgIpc) is 2.19. The van der Waals surface area contributed by atoms with Gasteiger partial charge in [-0.05, 0) is 47.2 Å². The molecule has 1 rings (SSSR count). The van der Waals surface area contributed by atoms with Gasteiger partial charge in [0.25, 0.3) is 0 Å². The van der Waals surface area contributed by atoms with Crippen LogP contribution in [-0.4, -0.2) is 12.5 Å². The van der Waals surface area contributed by atoms with E-state index in [0.29, 0.717) is 13.0 Å². The largest absolute Gasteiger partial charge is 0.352 e. The zero-order chi connectivity index (χ0) is 11.3. The number of nitrogens with one attached hydrogen (secondary N) is 1. The van der Waals surface area contributed by atoms with Crippen LogP contribution in [0.15, 0.2) is 36.4 Å². The smallest absolute Gasteiger partial charge is 0.224 e. The van der Waals surface area contributed by atoms with Crippen molar-refractivity contribution in [1.82, 2.24) is 5.32 Å². The molecule has 0 aliphatic carbocycles. The van der Waals surface area contributed by atoms with Crippen molar-refractivity contribution in [1.29, 1.82) is 0 Å². The molecule has 1 aromatic rings. The minimum Gasteiger partial charge on any atom is -0.352 e. The van der Waals surface area contributed by atoms with Gasteiger partial charge in [0, 0.05) is 10.1 Å². The quantitative estimate of drug-likeness (QED) is 0.671. The van der Waals surface area contributed by atoms with Gasteiger partial charge in [0.1, 0.15) is 0 Å². The maximum absolute atomic E-state index is 11.4. The Morgan fingerprint density at radius 2 is 2.00 bits per heavy atom. The fourth-order valence-electron chi connectivity index (χ4n) is 1.10. The summed E-state index contributed by atoms with van der Waals surface area (Å²) in [4.78, 5) is 11.4. The molecule has 1 N–H and O–H groups in total. The highest BCUT2D eigenvalue weighted by atomic mass is 127. The molecule has 0 heterocycles. The van der Waals surface area contributed by atoms with Crippen molar-refractivity contribution in [2.75, 3.05) is 6.54 Å². The molecule has 0 fully saturated rings. The van der Waals surface area contributed by atoms with Gasteiger partial charge >= 0.3 is 0 Å². The molecule has 0 aliphatic heterocycles. The lowest BCUT2D eigenvalue weighted by atomic mass is 10.1. The lowest BCUT2D eigenvalue weighted by molar-refractivity contribution is -0.120. The highest BCUT2D eigenvalue weighted by Gasteiger charge is 2.02. The summed E-state index contributed by atoms with van der Waals surface area (Å²) in [5.74, 6) is 0.0409. The van der Waals surface area contributed by atoms with Crippen LogP contribution in [0.5, 0.6) is 0 Å². The molecule has 0 saturated heterocycles. The summed E-state index contributed by atoms with van der Waals surface area (Å²) in [6.45, 7) is 6.18. The number of hydrogen-bond donors (Lipinski definition) is 1. The third-order valence-electron chi connectivity index (χ3n) is 1.87. The van der Waals surface area contributed by atoms with Crippen molar-refractivity contribution < 1.29 is 4.79 Å². The van der Waals surface area contributed by atoms with Gasteiger partial charge in [-0.3, -0.25) is 4.79 Å². The normalized spacial score (nSPS) is 9.73. The molecule has 0 bridgehead atoms. The van der Waals surface area contributed by atoms with E-state index in [0.717, 1.165) is 11.1 Å². The van der Waals surface area contributed by atoms with Crippen LogP contribution in [0.4, 0.5) is 0 Å². The van der Waals surface area contributed by atoms with Crippen LogP contribution < -0.4 is 5.32 Å². The summed E-state index contributed by atoms with van der Waals surface area (Å²) >= 11 is 2.24. The Hall–Kier alpha value is -0.840. The molecule has 0 radical (unpaired) electrons. The monoisotopic (exact) mass is 315 g/mol. The molecule has 2 nitrogen and oxygen atoms in total. The molecule has 0 aliphatic rings. The number of carbonyl (C=O) groups is 1. The Balaban J connectivity index is 2.44. The lowest BCUT2D eigenvalue weighted by Gasteiger charge is -2.04. The van der Waals surface area contributed by atoms with Gasteiger partial charge in [-0.15, -0.1) is 0 Å². The molecule has 1 aromatic carbocycles. The number of rotatable bonds is 4. The van der Waals surface area contributed by atoms with Gasteiger partial charge in [0.05, 0.1) is 6.42 Å². The van der Waals surface area contributed by atoms with Gasteiger partial charge in [0.2, 0.25) is 5.91 Å². The van der Waals surface area contributed by atoms with E-state index < -0.39 is 0 Å². The number of hydrogen-bond acceptors (Lipinski definition) is 1. The van der Waals surface area contributed by atoms with Crippen molar-refractivity contribution in [3.8, 4) is 0 Å². The van der Waals surface area contributed by atoms with E-state index in [1.807, 2.05) is 31.2 Å². The number of benzene rings is 1. The third kappa shape index (κ3) is 4.97. The van der Waals surface area contributed by atoms with Crippen LogP contribution >= 0.6 is 22.6 Å². The molecule has 0 saturated carbocycles. The Morgan fingerprint density at radius 1 is 1.40 bits per heavy atom. The first-order valence-corrected chi connectivity index (χ1v) is 5.81. The highest BCUT2D eigenvalue weighted by Crippen LogP contribution is 2.07. The summed E-state index contributed by atoms with van der Waals surface area (Å²) < 4.78 is 1.18. The van der Waals surface area contributed by atoms with Gasteiger partial charge in [0.15, 0.2) is 0 Å². The summed E-state index contributed by atoms with van der Waals surface area (Å²) in [5.41, 5.74) is 2.00. The van der Waals surface area contributed by atoms with Gasteiger partial charge in [-0.2, -0.15) is 0 Å². The zero-order valence-corrected chi connectivity index (χ0v) is 10.9. The predicted molar refractivity (Wildman–Crippen MR) is 70.7 cm³/mol. The van der Waals surface area contributed by atoms with Crippen LogP contribution in [0.3, 0.4) is 0 Å². The first-order chi connectivity index (χ1) is 7.08. The second-order valence-corrected chi connectivity index (χ2v) is 4.78. The molecule has 0 atom stereocenters. The molecular formula is C12H14INO. The van der Waals surface area contributed by atoms with Crippen molar-refractivity contribution in [2.24, 2.45) is 0 Å². The third-order valence-corrected chi connectivity index (χ3v) is 2.58. The van der Waals surface area contributed by atoms with Crippen LogP contribution in [0, 0.1) is 3.57 Å². The summed E-state index contributed by atoms with van der Waals surface area (Å²) in [6.07, 6.45) is 0.435. The summed E-state index contributed by atoms with van der Waals surface area (Å²) in [5, 5.41) is 2.80. The van der Waals surface area contributed by atoms with E-state index in [4.69, 9.17) is 0 Å². The van der Waals surface area contributed by atoms with Crippen LogP contribution in [0.1, 0.15) is 12.5 Å². The standard InChI is InChI=1S/C12H14INO/c1-9(2)8-14-12(15)7-10-3-5-11(13)6-4-10/h3-6H,1,7-8H2,2H3,(H,14,15). The van der Waals surface area contributed by atoms with Crippen molar-refractivity contribution in [3.63, 3.8) is 0 Å². The maximum Gasteiger partial charge on any atom is 0.224 e. The lowest BCUT2D eigenvalue weighted by Crippen LogP contribution is -2.26. The summed E-state index contributed by atoms with van der Waals surface area (Å²) in [6, 6.07) is 7.95. The van der Waals surface area contributed by atoms with E-state index >= 15 is 0 Å². The molecule has 0 spiro atoms. The van der Waals surface area contributed by atoms with Crippen LogP contribution in [-0.2, 0) is 11.2 Å². The molecule has 0 unspecified atom stereocenters. The first-order valence-electron chi connectivity index (χ1n) is 4.73. The first kappa shape index (κ1) is 12.2. The van der Waals surface area contributed by atoms with E-state index in [1.54, 1.807) is 0 Å². The second kappa shape index (κ2) is 5.90. The molecule has 3 heteroatoms. The van der Waals surface area contributed by atoms with Crippen molar-refractivity contribution >= 4 is 28.5 Å². The van der Waals surface area contributed by atoms with Crippen LogP contribution in [0.2, 0.25) is 0 Å². The Kier molecular flexibility index (Phi) is 4.81. The second-order valence-electron chi connectivity index (χ2n) is 3.54. The Morgan fingerprint density at radius 3 is 2.53 bits per heavy atom. The molecule has 1 amide bonds. The molecule has 80 valence electrons. The topological polar surface area (TPSA) is 29.1 Å². The zero-order valence-electron chi connectivity index (χ0n) is 8.72. The minimum absolute atomic E-state index is 0.0409. The Bertz CT molecular complexity index is 356. The van der Waals surface area contributed by atoms with Gasteiger partial charge in [-0.1, -0.05) is 24.3 Å². The van der Waals surface area contributed by atoms with Gasteiger partial charge in [-0.25, -0.2) is 0 Å². The number of halogens is 1. The number of carbonyl (C=O) groups excluding carboxylic acids is 1. The fourth-order valence-corrected chi connectivity index (χ4v) is 1.46. The number of amides is 1.